The summed E-state index contributed by atoms with van der Waals surface area (Å²) in [4.78, 5) is 20.2. The van der Waals surface area contributed by atoms with Gasteiger partial charge in [0, 0.05) is 17.1 Å². The van der Waals surface area contributed by atoms with Crippen molar-refractivity contribution in [2.45, 2.75) is 0 Å². The normalized spacial score (nSPS) is 10.9. The Morgan fingerprint density at radius 3 is 2.89 bits per heavy atom. The highest BCUT2D eigenvalue weighted by Gasteiger charge is 2.13. The first-order chi connectivity index (χ1) is 8.66. The first-order valence-corrected chi connectivity index (χ1v) is 5.24. The van der Waals surface area contributed by atoms with Gasteiger partial charge < -0.3 is 20.2 Å². The number of benzene rings is 1. The maximum absolute atomic E-state index is 10.8. The van der Waals surface area contributed by atoms with Crippen molar-refractivity contribution in [3.05, 3.63) is 36.4 Å². The Balaban J connectivity index is 2.19. The van der Waals surface area contributed by atoms with Crippen molar-refractivity contribution in [1.82, 2.24) is 15.0 Å². The number of rotatable bonds is 2. The van der Waals surface area contributed by atoms with Crippen LogP contribution in [0, 0.1) is 0 Å². The molecular formula is C12H9N3O3. The molecule has 0 radical (unpaired) electrons. The minimum Gasteiger partial charge on any atom is -0.506 e. The smallest absolute Gasteiger partial charge is 0.371 e. The lowest BCUT2D eigenvalue weighted by Crippen LogP contribution is -1.98. The van der Waals surface area contributed by atoms with Crippen molar-refractivity contribution in [3.63, 3.8) is 0 Å². The van der Waals surface area contributed by atoms with Crippen LogP contribution in [-0.2, 0) is 0 Å². The number of para-hydroxylation sites is 1. The van der Waals surface area contributed by atoms with Gasteiger partial charge in [0.25, 0.3) is 0 Å². The van der Waals surface area contributed by atoms with Gasteiger partial charge in [0.1, 0.15) is 5.75 Å². The molecule has 2 aromatic heterocycles. The van der Waals surface area contributed by atoms with E-state index in [-0.39, 0.29) is 11.6 Å². The number of phenolic OH excluding ortho intramolecular Hbond substituents is 1. The number of fused-ring (bicyclic) bond motifs is 1. The van der Waals surface area contributed by atoms with E-state index in [1.54, 1.807) is 18.3 Å². The van der Waals surface area contributed by atoms with Gasteiger partial charge in [-0.05, 0) is 6.07 Å². The summed E-state index contributed by atoms with van der Waals surface area (Å²) in [6.45, 7) is 0. The van der Waals surface area contributed by atoms with Gasteiger partial charge in [0.2, 0.25) is 5.82 Å². The molecule has 0 atom stereocenters. The van der Waals surface area contributed by atoms with Gasteiger partial charge in [0.15, 0.2) is 0 Å². The molecule has 0 bridgehead atoms. The Morgan fingerprint density at radius 1 is 1.33 bits per heavy atom. The molecular weight excluding hydrogens is 234 g/mol. The van der Waals surface area contributed by atoms with Crippen molar-refractivity contribution >= 4 is 16.9 Å². The number of carboxylic acids is 1. The van der Waals surface area contributed by atoms with Gasteiger partial charge in [0.05, 0.1) is 17.4 Å². The Kier molecular flexibility index (Phi) is 2.09. The lowest BCUT2D eigenvalue weighted by molar-refractivity contribution is 0.0685. The van der Waals surface area contributed by atoms with Crippen LogP contribution in [0.3, 0.4) is 0 Å². The fraction of sp³-hybridized carbons (Fsp3) is 0. The molecule has 6 heteroatoms. The summed E-state index contributed by atoms with van der Waals surface area (Å²) in [6, 6.07) is 5.14. The van der Waals surface area contributed by atoms with Crippen molar-refractivity contribution in [2.75, 3.05) is 0 Å². The number of carbonyl (C=O) groups is 1. The number of aromatic carboxylic acids is 1. The highest BCUT2D eigenvalue weighted by molar-refractivity contribution is 5.98. The zero-order chi connectivity index (χ0) is 12.7. The third-order valence-corrected chi connectivity index (χ3v) is 2.76. The highest BCUT2D eigenvalue weighted by atomic mass is 16.4. The predicted octanol–water partition coefficient (Wildman–Crippen LogP) is 1.96. The minimum absolute atomic E-state index is 0.112. The van der Waals surface area contributed by atoms with Gasteiger partial charge >= 0.3 is 5.97 Å². The van der Waals surface area contributed by atoms with Crippen molar-refractivity contribution < 1.29 is 15.0 Å². The molecule has 18 heavy (non-hydrogen) atoms. The molecule has 0 aliphatic carbocycles. The lowest BCUT2D eigenvalue weighted by atomic mass is 10.1. The lowest BCUT2D eigenvalue weighted by Gasteiger charge is -1.96. The second-order valence-electron chi connectivity index (χ2n) is 3.85. The quantitative estimate of drug-likeness (QED) is 0.552. The summed E-state index contributed by atoms with van der Waals surface area (Å²) in [7, 11) is 0. The molecule has 2 heterocycles. The topological polar surface area (TPSA) is 102 Å². The standard InChI is InChI=1S/C12H9N3O3/c16-9-3-1-2-6-7(4-13-10(6)9)8-5-14-11(15-8)12(17)18/h1-5,13,16H,(H,14,15)(H,17,18). The molecule has 0 saturated heterocycles. The van der Waals surface area contributed by atoms with Crippen LogP contribution in [0.25, 0.3) is 22.2 Å². The second-order valence-corrected chi connectivity index (χ2v) is 3.85. The molecule has 0 aliphatic heterocycles. The van der Waals surface area contributed by atoms with E-state index in [0.717, 1.165) is 10.9 Å². The third kappa shape index (κ3) is 1.43. The number of hydrogen-bond donors (Lipinski definition) is 4. The number of nitrogens with zero attached hydrogens (tertiary/aromatic N) is 1. The fourth-order valence-corrected chi connectivity index (χ4v) is 1.93. The first kappa shape index (κ1) is 10.4. The predicted molar refractivity (Wildman–Crippen MR) is 64.5 cm³/mol. The van der Waals surface area contributed by atoms with Crippen molar-refractivity contribution in [2.24, 2.45) is 0 Å². The van der Waals surface area contributed by atoms with Crippen molar-refractivity contribution in [1.29, 1.82) is 0 Å². The largest absolute Gasteiger partial charge is 0.506 e. The van der Waals surface area contributed by atoms with Crippen LogP contribution < -0.4 is 0 Å². The second kappa shape index (κ2) is 3.63. The summed E-state index contributed by atoms with van der Waals surface area (Å²) < 4.78 is 0. The van der Waals surface area contributed by atoms with Crippen LogP contribution in [0.5, 0.6) is 5.75 Å². The van der Waals surface area contributed by atoms with Crippen LogP contribution in [0.2, 0.25) is 0 Å². The minimum atomic E-state index is -1.11. The van der Waals surface area contributed by atoms with Gasteiger partial charge in [-0.15, -0.1) is 0 Å². The summed E-state index contributed by atoms with van der Waals surface area (Å²) >= 11 is 0. The Bertz CT molecular complexity index is 742. The molecule has 3 aromatic rings. The average molecular weight is 243 g/mol. The number of carboxylic acid groups (broad SMARTS) is 1. The van der Waals surface area contributed by atoms with E-state index in [1.807, 2.05) is 6.07 Å². The van der Waals surface area contributed by atoms with Gasteiger partial charge in [-0.1, -0.05) is 12.1 Å². The number of phenols is 1. The average Bonchev–Trinajstić information content (AvgIpc) is 2.94. The maximum Gasteiger partial charge on any atom is 0.371 e. The monoisotopic (exact) mass is 243 g/mol. The SMILES string of the molecule is O=C(O)c1ncc(-c2c[nH]c3c(O)cccc23)[nH]1. The summed E-state index contributed by atoms with van der Waals surface area (Å²) in [5.41, 5.74) is 1.96. The maximum atomic E-state index is 10.8. The van der Waals surface area contributed by atoms with E-state index in [1.165, 1.54) is 6.20 Å². The number of nitrogens with one attached hydrogen (secondary N) is 2. The van der Waals surface area contributed by atoms with Crippen LogP contribution in [0.1, 0.15) is 10.6 Å². The number of imidazole rings is 1. The van der Waals surface area contributed by atoms with Gasteiger partial charge in [-0.3, -0.25) is 0 Å². The van der Waals surface area contributed by atoms with Crippen LogP contribution in [0.15, 0.2) is 30.6 Å². The fourth-order valence-electron chi connectivity index (χ4n) is 1.93. The number of aromatic amines is 2. The van der Waals surface area contributed by atoms with E-state index >= 15 is 0 Å². The van der Waals surface area contributed by atoms with E-state index < -0.39 is 5.97 Å². The van der Waals surface area contributed by atoms with Crippen LogP contribution in [-0.4, -0.2) is 31.1 Å². The van der Waals surface area contributed by atoms with Crippen LogP contribution >= 0.6 is 0 Å². The zero-order valence-corrected chi connectivity index (χ0v) is 9.14. The number of hydrogen-bond acceptors (Lipinski definition) is 3. The third-order valence-electron chi connectivity index (χ3n) is 2.76. The van der Waals surface area contributed by atoms with Crippen LogP contribution in [0.4, 0.5) is 0 Å². The first-order valence-electron chi connectivity index (χ1n) is 5.24. The van der Waals surface area contributed by atoms with E-state index in [9.17, 15) is 9.90 Å². The van der Waals surface area contributed by atoms with E-state index in [2.05, 4.69) is 15.0 Å². The summed E-state index contributed by atoms with van der Waals surface area (Å²) in [6.07, 6.45) is 3.15. The molecule has 90 valence electrons. The molecule has 1 aromatic carbocycles. The van der Waals surface area contributed by atoms with Gasteiger partial charge in [-0.2, -0.15) is 0 Å². The Labute approximate surface area is 101 Å². The number of aromatic hydroxyl groups is 1. The highest BCUT2D eigenvalue weighted by Crippen LogP contribution is 2.31. The van der Waals surface area contributed by atoms with E-state index in [0.29, 0.717) is 11.2 Å². The zero-order valence-electron chi connectivity index (χ0n) is 9.14. The molecule has 6 nitrogen and oxygen atoms in total. The molecule has 0 unspecified atom stereocenters. The Hall–Kier alpha value is -2.76. The van der Waals surface area contributed by atoms with Crippen molar-refractivity contribution in [3.8, 4) is 17.0 Å². The molecule has 0 saturated carbocycles. The molecule has 0 amide bonds. The van der Waals surface area contributed by atoms with E-state index in [4.69, 9.17) is 5.11 Å². The van der Waals surface area contributed by atoms with Gasteiger partial charge in [-0.25, -0.2) is 9.78 Å². The number of H-pyrrole nitrogens is 2. The Morgan fingerprint density at radius 2 is 2.17 bits per heavy atom. The molecule has 4 N–H and O–H groups in total. The molecule has 0 fully saturated rings. The molecule has 0 aliphatic rings. The summed E-state index contributed by atoms with van der Waals surface area (Å²) in [5.74, 6) is -1.07. The molecule has 0 spiro atoms. The summed E-state index contributed by atoms with van der Waals surface area (Å²) in [5, 5.41) is 19.3. The number of aromatic nitrogens is 3. The molecule has 3 rings (SSSR count).